The van der Waals surface area contributed by atoms with Gasteiger partial charge in [0.15, 0.2) is 0 Å². The Morgan fingerprint density at radius 3 is 2.62 bits per heavy atom. The summed E-state index contributed by atoms with van der Waals surface area (Å²) in [5, 5.41) is 12.3. The molecule has 90 valence electrons. The molecule has 0 aliphatic carbocycles. The molecule has 0 radical (unpaired) electrons. The topological polar surface area (TPSA) is 58.0 Å². The van der Waals surface area contributed by atoms with Crippen LogP contribution in [0.3, 0.4) is 0 Å². The Bertz CT molecular complexity index is 342. The molecule has 0 bridgehead atoms. The number of hydrogen-bond donors (Lipinski definition) is 2. The summed E-state index contributed by atoms with van der Waals surface area (Å²) < 4.78 is 0.783. The van der Waals surface area contributed by atoms with Gasteiger partial charge in [-0.1, -0.05) is 13.8 Å². The highest BCUT2D eigenvalue weighted by Gasteiger charge is 2.06. The summed E-state index contributed by atoms with van der Waals surface area (Å²) in [6.45, 7) is 6.60. The molecule has 1 aromatic rings. The Labute approximate surface area is 105 Å². The molecule has 0 amide bonds. The predicted octanol–water partition coefficient (Wildman–Crippen LogP) is 2.55. The molecule has 0 aromatic carbocycles. The molecular weight excluding hydrogens is 270 g/mol. The van der Waals surface area contributed by atoms with Crippen LogP contribution in [0, 0.1) is 0 Å². The van der Waals surface area contributed by atoms with Crippen LogP contribution < -0.4 is 5.32 Å². The summed E-state index contributed by atoms with van der Waals surface area (Å²) in [6, 6.07) is 1.84. The molecule has 0 aliphatic rings. The van der Waals surface area contributed by atoms with Crippen LogP contribution in [0.4, 0.5) is 5.82 Å². The summed E-state index contributed by atoms with van der Waals surface area (Å²) in [5.74, 6) is 1.91. The van der Waals surface area contributed by atoms with Crippen LogP contribution in [0.5, 0.6) is 0 Å². The van der Waals surface area contributed by atoms with E-state index >= 15 is 0 Å². The Kier molecular flexibility index (Phi) is 5.15. The van der Waals surface area contributed by atoms with Gasteiger partial charge in [-0.15, -0.1) is 0 Å². The first kappa shape index (κ1) is 13.4. The maximum absolute atomic E-state index is 9.15. The van der Waals surface area contributed by atoms with Gasteiger partial charge in [-0.2, -0.15) is 0 Å². The van der Waals surface area contributed by atoms with Gasteiger partial charge in [0.25, 0.3) is 0 Å². The van der Waals surface area contributed by atoms with Crippen molar-refractivity contribution in [2.75, 3.05) is 11.9 Å². The number of anilines is 1. The van der Waals surface area contributed by atoms with Gasteiger partial charge in [0, 0.05) is 18.5 Å². The average Bonchev–Trinajstić information content (AvgIpc) is 2.16. The predicted molar refractivity (Wildman–Crippen MR) is 68.6 cm³/mol. The summed E-state index contributed by atoms with van der Waals surface area (Å²) in [5.41, 5.74) is 0. The van der Waals surface area contributed by atoms with Crippen LogP contribution in [0.15, 0.2) is 10.7 Å². The second-order valence-corrected chi connectivity index (χ2v) is 4.97. The number of hydrogen-bond acceptors (Lipinski definition) is 4. The SMILES string of the molecule is CC(O)CCNc1cc(Br)nc(C(C)C)n1. The molecule has 4 nitrogen and oxygen atoms in total. The normalized spacial score (nSPS) is 12.9. The molecule has 0 saturated heterocycles. The van der Waals surface area contributed by atoms with Crippen LogP contribution in [0.25, 0.3) is 0 Å². The third kappa shape index (κ3) is 4.45. The van der Waals surface area contributed by atoms with Crippen molar-refractivity contribution in [3.05, 3.63) is 16.5 Å². The molecule has 0 spiro atoms. The molecule has 0 aliphatic heterocycles. The van der Waals surface area contributed by atoms with Crippen molar-refractivity contribution < 1.29 is 5.11 Å². The fourth-order valence-electron chi connectivity index (χ4n) is 1.19. The van der Waals surface area contributed by atoms with Gasteiger partial charge in [0.2, 0.25) is 0 Å². The first-order valence-corrected chi connectivity index (χ1v) is 6.24. The zero-order valence-electron chi connectivity index (χ0n) is 9.87. The van der Waals surface area contributed by atoms with Crippen LogP contribution in [0.2, 0.25) is 0 Å². The minimum atomic E-state index is -0.289. The lowest BCUT2D eigenvalue weighted by molar-refractivity contribution is 0.188. The highest BCUT2D eigenvalue weighted by molar-refractivity contribution is 9.10. The van der Waals surface area contributed by atoms with E-state index in [-0.39, 0.29) is 6.10 Å². The number of aliphatic hydroxyl groups is 1. The van der Waals surface area contributed by atoms with Crippen LogP contribution in [-0.2, 0) is 0 Å². The molecule has 5 heteroatoms. The van der Waals surface area contributed by atoms with Crippen molar-refractivity contribution in [3.63, 3.8) is 0 Å². The molecule has 1 unspecified atom stereocenters. The van der Waals surface area contributed by atoms with E-state index in [4.69, 9.17) is 5.11 Å². The van der Waals surface area contributed by atoms with E-state index < -0.39 is 0 Å². The fraction of sp³-hybridized carbons (Fsp3) is 0.636. The van der Waals surface area contributed by atoms with Gasteiger partial charge >= 0.3 is 0 Å². The monoisotopic (exact) mass is 287 g/mol. The minimum absolute atomic E-state index is 0.289. The number of halogens is 1. The first-order chi connectivity index (χ1) is 7.49. The second-order valence-electron chi connectivity index (χ2n) is 4.15. The Balaban J connectivity index is 2.65. The van der Waals surface area contributed by atoms with E-state index in [1.165, 1.54) is 0 Å². The lowest BCUT2D eigenvalue weighted by Crippen LogP contribution is -2.11. The quantitative estimate of drug-likeness (QED) is 0.817. The maximum Gasteiger partial charge on any atom is 0.134 e. The van der Waals surface area contributed by atoms with Crippen molar-refractivity contribution in [2.45, 2.75) is 39.2 Å². The standard InChI is InChI=1S/C11H18BrN3O/c1-7(2)11-14-9(12)6-10(15-11)13-5-4-8(3)16/h6-8,16H,4-5H2,1-3H3,(H,13,14,15). The smallest absolute Gasteiger partial charge is 0.134 e. The van der Waals surface area contributed by atoms with Gasteiger partial charge < -0.3 is 10.4 Å². The molecular formula is C11H18BrN3O. The molecule has 1 aromatic heterocycles. The van der Waals surface area contributed by atoms with Gasteiger partial charge in [-0.25, -0.2) is 9.97 Å². The maximum atomic E-state index is 9.15. The van der Waals surface area contributed by atoms with Crippen LogP contribution >= 0.6 is 15.9 Å². The molecule has 1 rings (SSSR count). The lowest BCUT2D eigenvalue weighted by atomic mass is 10.2. The fourth-order valence-corrected chi connectivity index (χ4v) is 1.59. The van der Waals surface area contributed by atoms with Crippen molar-refractivity contribution in [1.82, 2.24) is 9.97 Å². The Morgan fingerprint density at radius 1 is 1.38 bits per heavy atom. The van der Waals surface area contributed by atoms with E-state index in [1.807, 2.05) is 6.07 Å². The zero-order chi connectivity index (χ0) is 12.1. The van der Waals surface area contributed by atoms with E-state index in [1.54, 1.807) is 6.92 Å². The first-order valence-electron chi connectivity index (χ1n) is 5.45. The largest absolute Gasteiger partial charge is 0.393 e. The molecule has 1 heterocycles. The van der Waals surface area contributed by atoms with Crippen molar-refractivity contribution in [3.8, 4) is 0 Å². The summed E-state index contributed by atoms with van der Waals surface area (Å²) in [7, 11) is 0. The molecule has 2 N–H and O–H groups in total. The molecule has 1 atom stereocenters. The van der Waals surface area contributed by atoms with E-state index in [0.717, 1.165) is 16.2 Å². The number of rotatable bonds is 5. The minimum Gasteiger partial charge on any atom is -0.393 e. The van der Waals surface area contributed by atoms with Crippen LogP contribution in [0.1, 0.15) is 38.9 Å². The van der Waals surface area contributed by atoms with E-state index in [0.29, 0.717) is 18.9 Å². The van der Waals surface area contributed by atoms with E-state index in [2.05, 4.69) is 45.1 Å². The summed E-state index contributed by atoms with van der Waals surface area (Å²) >= 11 is 3.36. The van der Waals surface area contributed by atoms with Crippen molar-refractivity contribution >= 4 is 21.7 Å². The molecule has 16 heavy (non-hydrogen) atoms. The second kappa shape index (κ2) is 6.15. The third-order valence-electron chi connectivity index (χ3n) is 2.10. The lowest BCUT2D eigenvalue weighted by Gasteiger charge is -2.10. The molecule has 0 fully saturated rings. The van der Waals surface area contributed by atoms with Gasteiger partial charge in [-0.05, 0) is 29.3 Å². The number of aliphatic hydroxyl groups excluding tert-OH is 1. The van der Waals surface area contributed by atoms with Crippen LogP contribution in [-0.4, -0.2) is 27.7 Å². The van der Waals surface area contributed by atoms with Gasteiger partial charge in [0.05, 0.1) is 6.10 Å². The van der Waals surface area contributed by atoms with Crippen molar-refractivity contribution in [2.24, 2.45) is 0 Å². The average molecular weight is 288 g/mol. The molecule has 0 saturated carbocycles. The van der Waals surface area contributed by atoms with E-state index in [9.17, 15) is 0 Å². The van der Waals surface area contributed by atoms with Gasteiger partial charge in [0.1, 0.15) is 16.2 Å². The summed E-state index contributed by atoms with van der Waals surface area (Å²) in [4.78, 5) is 8.69. The number of aromatic nitrogens is 2. The number of nitrogens with one attached hydrogen (secondary N) is 1. The van der Waals surface area contributed by atoms with Crippen molar-refractivity contribution in [1.29, 1.82) is 0 Å². The Morgan fingerprint density at radius 2 is 2.06 bits per heavy atom. The van der Waals surface area contributed by atoms with Gasteiger partial charge in [-0.3, -0.25) is 0 Å². The number of nitrogens with zero attached hydrogens (tertiary/aromatic N) is 2. The zero-order valence-corrected chi connectivity index (χ0v) is 11.5. The highest BCUT2D eigenvalue weighted by atomic mass is 79.9. The third-order valence-corrected chi connectivity index (χ3v) is 2.50. The highest BCUT2D eigenvalue weighted by Crippen LogP contribution is 2.17. The summed E-state index contributed by atoms with van der Waals surface area (Å²) in [6.07, 6.45) is 0.417. The Hall–Kier alpha value is -0.680.